The molecule has 1 rings (SSSR count). The predicted octanol–water partition coefficient (Wildman–Crippen LogP) is 1.32. The maximum atomic E-state index is 5.76. The van der Waals surface area contributed by atoms with Gasteiger partial charge in [-0.1, -0.05) is 0 Å². The van der Waals surface area contributed by atoms with Crippen molar-refractivity contribution in [3.05, 3.63) is 17.7 Å². The average Bonchev–Trinajstić information content (AvgIpc) is 2.35. The van der Waals surface area contributed by atoms with Gasteiger partial charge in [0, 0.05) is 12.7 Å². The van der Waals surface area contributed by atoms with E-state index in [1.54, 1.807) is 33.5 Å². The van der Waals surface area contributed by atoms with E-state index in [0.29, 0.717) is 17.2 Å². The summed E-state index contributed by atoms with van der Waals surface area (Å²) in [6.45, 7) is 0. The Kier molecular flexibility index (Phi) is 4.39. The molecule has 0 aliphatic rings. The van der Waals surface area contributed by atoms with E-state index in [-0.39, 0.29) is 0 Å². The van der Waals surface area contributed by atoms with Crippen LogP contribution in [0.15, 0.2) is 12.1 Å². The smallest absolute Gasteiger partial charge is 0.203 e. The Balaban J connectivity index is 3.25. The van der Waals surface area contributed by atoms with Crippen LogP contribution in [0.4, 0.5) is 0 Å². The fourth-order valence-corrected chi connectivity index (χ4v) is 1.40. The molecule has 1 atom stereocenters. The van der Waals surface area contributed by atoms with E-state index >= 15 is 0 Å². The number of hydrogen-bond donors (Lipinski definition) is 1. The molecule has 1 aromatic rings. The van der Waals surface area contributed by atoms with E-state index in [4.69, 9.17) is 24.7 Å². The zero-order valence-electron chi connectivity index (χ0n) is 9.94. The van der Waals surface area contributed by atoms with Crippen molar-refractivity contribution in [2.75, 3.05) is 28.4 Å². The molecule has 0 amide bonds. The summed E-state index contributed by atoms with van der Waals surface area (Å²) in [5, 5.41) is 0. The number of nitrogens with two attached hydrogens (primary N) is 1. The average molecular weight is 227 g/mol. The van der Waals surface area contributed by atoms with Crippen LogP contribution < -0.4 is 19.9 Å². The Morgan fingerprint density at radius 1 is 0.938 bits per heavy atom. The van der Waals surface area contributed by atoms with E-state index in [9.17, 15) is 0 Å². The van der Waals surface area contributed by atoms with Crippen LogP contribution in [0.1, 0.15) is 11.8 Å². The number of benzene rings is 1. The van der Waals surface area contributed by atoms with Crippen LogP contribution in [0, 0.1) is 0 Å². The van der Waals surface area contributed by atoms with Crippen LogP contribution in [0.2, 0.25) is 0 Å². The van der Waals surface area contributed by atoms with Crippen LogP contribution in [0.25, 0.3) is 0 Å². The van der Waals surface area contributed by atoms with Gasteiger partial charge in [-0.2, -0.15) is 0 Å². The SMILES string of the molecule is COc1cc(C(N)OC)cc(OC)c1OC. The molecule has 0 aromatic heterocycles. The standard InChI is InChI=1S/C11H17NO4/c1-13-8-5-7(11(12)16-4)6-9(14-2)10(8)15-3/h5-6,11H,12H2,1-4H3. The monoisotopic (exact) mass is 227 g/mol. The molecule has 5 heteroatoms. The second kappa shape index (κ2) is 5.58. The second-order valence-corrected chi connectivity index (χ2v) is 3.11. The Morgan fingerprint density at radius 3 is 1.75 bits per heavy atom. The van der Waals surface area contributed by atoms with Crippen molar-refractivity contribution in [2.45, 2.75) is 6.23 Å². The zero-order valence-corrected chi connectivity index (χ0v) is 9.94. The summed E-state index contributed by atoms with van der Waals surface area (Å²) in [6.07, 6.45) is -0.520. The summed E-state index contributed by atoms with van der Waals surface area (Å²) in [6, 6.07) is 3.52. The van der Waals surface area contributed by atoms with Crippen LogP contribution in [-0.2, 0) is 4.74 Å². The van der Waals surface area contributed by atoms with Crippen LogP contribution in [0.5, 0.6) is 17.2 Å². The van der Waals surface area contributed by atoms with Crippen molar-refractivity contribution >= 4 is 0 Å². The van der Waals surface area contributed by atoms with Gasteiger partial charge < -0.3 is 24.7 Å². The third kappa shape index (κ3) is 2.37. The molecular formula is C11H17NO4. The quantitative estimate of drug-likeness (QED) is 0.768. The van der Waals surface area contributed by atoms with E-state index in [0.717, 1.165) is 5.56 Å². The van der Waals surface area contributed by atoms with E-state index < -0.39 is 6.23 Å². The Bertz CT molecular complexity index is 329. The maximum absolute atomic E-state index is 5.76. The molecule has 16 heavy (non-hydrogen) atoms. The minimum Gasteiger partial charge on any atom is -0.493 e. The first-order valence-electron chi connectivity index (χ1n) is 4.76. The summed E-state index contributed by atoms with van der Waals surface area (Å²) in [5.41, 5.74) is 6.52. The van der Waals surface area contributed by atoms with Gasteiger partial charge in [-0.3, -0.25) is 0 Å². The topological polar surface area (TPSA) is 62.9 Å². The lowest BCUT2D eigenvalue weighted by atomic mass is 10.1. The van der Waals surface area contributed by atoms with E-state index in [2.05, 4.69) is 0 Å². The van der Waals surface area contributed by atoms with E-state index in [1.807, 2.05) is 0 Å². The minimum atomic E-state index is -0.520. The fraction of sp³-hybridized carbons (Fsp3) is 0.455. The van der Waals surface area contributed by atoms with Gasteiger partial charge in [-0.05, 0) is 12.1 Å². The first kappa shape index (κ1) is 12.6. The highest BCUT2D eigenvalue weighted by atomic mass is 16.5. The molecule has 90 valence electrons. The maximum Gasteiger partial charge on any atom is 0.203 e. The highest BCUT2D eigenvalue weighted by molar-refractivity contribution is 5.54. The normalized spacial score (nSPS) is 12.1. The third-order valence-electron chi connectivity index (χ3n) is 2.27. The Labute approximate surface area is 95.1 Å². The van der Waals surface area contributed by atoms with Crippen LogP contribution >= 0.6 is 0 Å². The molecule has 0 spiro atoms. The van der Waals surface area contributed by atoms with Crippen molar-refractivity contribution in [1.82, 2.24) is 0 Å². The Morgan fingerprint density at radius 2 is 1.44 bits per heavy atom. The number of ether oxygens (including phenoxy) is 4. The van der Waals surface area contributed by atoms with Gasteiger partial charge in [0.2, 0.25) is 5.75 Å². The van der Waals surface area contributed by atoms with Gasteiger partial charge in [-0.15, -0.1) is 0 Å². The number of rotatable bonds is 5. The van der Waals surface area contributed by atoms with Gasteiger partial charge >= 0.3 is 0 Å². The minimum absolute atomic E-state index is 0.520. The van der Waals surface area contributed by atoms with Crippen molar-refractivity contribution in [3.63, 3.8) is 0 Å². The molecule has 0 radical (unpaired) electrons. The van der Waals surface area contributed by atoms with Gasteiger partial charge in [0.25, 0.3) is 0 Å². The summed E-state index contributed by atoms with van der Waals surface area (Å²) in [4.78, 5) is 0. The van der Waals surface area contributed by atoms with Gasteiger partial charge in [0.1, 0.15) is 6.23 Å². The highest BCUT2D eigenvalue weighted by Gasteiger charge is 2.15. The summed E-state index contributed by atoms with van der Waals surface area (Å²) in [7, 11) is 6.20. The summed E-state index contributed by atoms with van der Waals surface area (Å²) >= 11 is 0. The molecule has 0 saturated carbocycles. The van der Waals surface area contributed by atoms with Crippen LogP contribution in [-0.4, -0.2) is 28.4 Å². The summed E-state index contributed by atoms with van der Waals surface area (Å²) in [5.74, 6) is 1.66. The van der Waals surface area contributed by atoms with E-state index in [1.165, 1.54) is 7.11 Å². The lowest BCUT2D eigenvalue weighted by Crippen LogP contribution is -2.12. The molecule has 1 aromatic carbocycles. The molecule has 0 aliphatic carbocycles. The van der Waals surface area contributed by atoms with Crippen molar-refractivity contribution in [3.8, 4) is 17.2 Å². The first-order chi connectivity index (χ1) is 7.67. The molecule has 2 N–H and O–H groups in total. The molecule has 0 bridgehead atoms. The largest absolute Gasteiger partial charge is 0.493 e. The van der Waals surface area contributed by atoms with Crippen LogP contribution in [0.3, 0.4) is 0 Å². The van der Waals surface area contributed by atoms with Gasteiger partial charge in [0.15, 0.2) is 11.5 Å². The molecule has 0 aliphatic heterocycles. The van der Waals surface area contributed by atoms with Gasteiger partial charge in [0.05, 0.1) is 21.3 Å². The lowest BCUT2D eigenvalue weighted by molar-refractivity contribution is 0.109. The zero-order chi connectivity index (χ0) is 12.1. The summed E-state index contributed by atoms with van der Waals surface area (Å²) < 4.78 is 20.6. The van der Waals surface area contributed by atoms with Crippen molar-refractivity contribution in [1.29, 1.82) is 0 Å². The van der Waals surface area contributed by atoms with Crippen molar-refractivity contribution < 1.29 is 18.9 Å². The van der Waals surface area contributed by atoms with Crippen molar-refractivity contribution in [2.24, 2.45) is 5.73 Å². The third-order valence-corrected chi connectivity index (χ3v) is 2.27. The lowest BCUT2D eigenvalue weighted by Gasteiger charge is -2.16. The highest BCUT2D eigenvalue weighted by Crippen LogP contribution is 2.39. The second-order valence-electron chi connectivity index (χ2n) is 3.11. The first-order valence-corrected chi connectivity index (χ1v) is 4.76. The molecule has 5 nitrogen and oxygen atoms in total. The predicted molar refractivity (Wildman–Crippen MR) is 60.0 cm³/mol. The molecule has 1 unspecified atom stereocenters. The molecule has 0 saturated heterocycles. The molecular weight excluding hydrogens is 210 g/mol. The molecule has 0 heterocycles. The number of hydrogen-bond acceptors (Lipinski definition) is 5. The number of methoxy groups -OCH3 is 4. The molecule has 0 fully saturated rings. The Hall–Kier alpha value is -1.46. The van der Waals surface area contributed by atoms with Gasteiger partial charge in [-0.25, -0.2) is 0 Å². The fourth-order valence-electron chi connectivity index (χ4n) is 1.40.